The molecular weight excluding hydrogens is 504 g/mol. The lowest BCUT2D eigenvalue weighted by atomic mass is 9.77. The van der Waals surface area contributed by atoms with Crippen LogP contribution in [-0.4, -0.2) is 50.6 Å². The molecule has 0 unspecified atom stereocenters. The van der Waals surface area contributed by atoms with Gasteiger partial charge >= 0.3 is 0 Å². The van der Waals surface area contributed by atoms with Crippen molar-refractivity contribution in [2.45, 2.75) is 56.5 Å². The molecule has 7 nitrogen and oxygen atoms in total. The van der Waals surface area contributed by atoms with E-state index < -0.39 is 12.0 Å². The number of nitrogens with zero attached hydrogens (tertiary/aromatic N) is 1. The minimum absolute atomic E-state index is 0.0118. The van der Waals surface area contributed by atoms with Gasteiger partial charge in [0.25, 0.3) is 5.91 Å². The number of methoxy groups -OCH3 is 3. The van der Waals surface area contributed by atoms with Crippen molar-refractivity contribution in [1.82, 2.24) is 10.2 Å². The SMILES string of the molecule is COc1ccc([C@H]2[C@H](C(=O)NCCc3ccc(OC)c(OC)c3)c3ccccc3C(=O)N2C2CCCCC2)cc1. The molecule has 1 saturated carbocycles. The van der Waals surface area contributed by atoms with Crippen molar-refractivity contribution in [2.24, 2.45) is 0 Å². The minimum atomic E-state index is -0.533. The fourth-order valence-electron chi connectivity index (χ4n) is 6.23. The van der Waals surface area contributed by atoms with E-state index in [-0.39, 0.29) is 17.9 Å². The number of nitrogens with one attached hydrogen (secondary N) is 1. The number of fused-ring (bicyclic) bond motifs is 1. The lowest BCUT2D eigenvalue weighted by Gasteiger charge is -2.46. The lowest BCUT2D eigenvalue weighted by Crippen LogP contribution is -2.52. The first-order chi connectivity index (χ1) is 19.5. The first kappa shape index (κ1) is 27.6. The number of ether oxygens (including phenoxy) is 3. The first-order valence-corrected chi connectivity index (χ1v) is 14.1. The molecule has 5 rings (SSSR count). The summed E-state index contributed by atoms with van der Waals surface area (Å²) in [5.74, 6) is 1.47. The largest absolute Gasteiger partial charge is 0.497 e. The average molecular weight is 543 g/mol. The zero-order valence-corrected chi connectivity index (χ0v) is 23.5. The number of rotatable bonds is 9. The molecule has 3 aromatic carbocycles. The Morgan fingerprint density at radius 2 is 1.60 bits per heavy atom. The Kier molecular flexibility index (Phi) is 8.58. The highest BCUT2D eigenvalue weighted by atomic mass is 16.5. The van der Waals surface area contributed by atoms with E-state index >= 15 is 0 Å². The van der Waals surface area contributed by atoms with Gasteiger partial charge in [0, 0.05) is 18.2 Å². The molecule has 1 aliphatic heterocycles. The van der Waals surface area contributed by atoms with Gasteiger partial charge in [-0.05, 0) is 66.3 Å². The molecule has 3 aromatic rings. The molecule has 0 spiro atoms. The quantitative estimate of drug-likeness (QED) is 0.376. The summed E-state index contributed by atoms with van der Waals surface area (Å²) >= 11 is 0. The monoisotopic (exact) mass is 542 g/mol. The van der Waals surface area contributed by atoms with Crippen LogP contribution in [0, 0.1) is 0 Å². The van der Waals surface area contributed by atoms with Crippen molar-refractivity contribution in [2.75, 3.05) is 27.9 Å². The van der Waals surface area contributed by atoms with Crippen molar-refractivity contribution < 1.29 is 23.8 Å². The second-order valence-corrected chi connectivity index (χ2v) is 10.5. The van der Waals surface area contributed by atoms with Gasteiger partial charge in [-0.15, -0.1) is 0 Å². The third-order valence-electron chi connectivity index (χ3n) is 8.24. The Hall–Kier alpha value is -4.00. The summed E-state index contributed by atoms with van der Waals surface area (Å²) in [6, 6.07) is 20.9. The molecule has 2 aliphatic rings. The van der Waals surface area contributed by atoms with Crippen LogP contribution in [0.4, 0.5) is 0 Å². The fraction of sp³-hybridized carbons (Fsp3) is 0.394. The summed E-state index contributed by atoms with van der Waals surface area (Å²) in [5, 5.41) is 3.19. The highest BCUT2D eigenvalue weighted by Crippen LogP contribution is 2.46. The number of hydrogen-bond acceptors (Lipinski definition) is 5. The van der Waals surface area contributed by atoms with Gasteiger partial charge in [-0.25, -0.2) is 0 Å². The van der Waals surface area contributed by atoms with E-state index in [4.69, 9.17) is 14.2 Å². The molecule has 0 saturated heterocycles. The molecule has 1 heterocycles. The van der Waals surface area contributed by atoms with Gasteiger partial charge in [0.05, 0.1) is 33.3 Å². The Morgan fingerprint density at radius 1 is 0.875 bits per heavy atom. The van der Waals surface area contributed by atoms with Crippen molar-refractivity contribution in [3.05, 3.63) is 89.0 Å². The van der Waals surface area contributed by atoms with Crippen LogP contribution >= 0.6 is 0 Å². The van der Waals surface area contributed by atoms with Crippen molar-refractivity contribution in [3.63, 3.8) is 0 Å². The summed E-state index contributed by atoms with van der Waals surface area (Å²) in [6.45, 7) is 0.458. The standard InChI is InChI=1S/C33H38N2O5/c1-38-25-16-14-23(15-17-25)31-30(32(36)34-20-19-22-13-18-28(39-2)29(21-22)40-3)26-11-7-8-12-27(26)33(37)35(31)24-9-5-4-6-10-24/h7-8,11-18,21,24,30-31H,4-6,9-10,19-20H2,1-3H3,(H,34,36)/t30-,31+/m1/s1. The number of hydrogen-bond donors (Lipinski definition) is 1. The van der Waals surface area contributed by atoms with E-state index in [1.54, 1.807) is 21.3 Å². The molecule has 2 atom stereocenters. The van der Waals surface area contributed by atoms with Gasteiger partial charge in [0.2, 0.25) is 5.91 Å². The summed E-state index contributed by atoms with van der Waals surface area (Å²) in [6.07, 6.45) is 5.91. The molecule has 40 heavy (non-hydrogen) atoms. The molecule has 1 aliphatic carbocycles. The van der Waals surface area contributed by atoms with Gasteiger partial charge < -0.3 is 24.4 Å². The van der Waals surface area contributed by atoms with Crippen molar-refractivity contribution in [3.8, 4) is 17.2 Å². The summed E-state index contributed by atoms with van der Waals surface area (Å²) in [7, 11) is 4.86. The molecule has 2 amide bonds. The Bertz CT molecular complexity index is 1330. The van der Waals surface area contributed by atoms with E-state index in [2.05, 4.69) is 5.32 Å². The Morgan fingerprint density at radius 3 is 2.30 bits per heavy atom. The zero-order valence-electron chi connectivity index (χ0n) is 23.5. The highest BCUT2D eigenvalue weighted by Gasteiger charge is 2.46. The molecule has 0 aromatic heterocycles. The van der Waals surface area contributed by atoms with Crippen molar-refractivity contribution in [1.29, 1.82) is 0 Å². The van der Waals surface area contributed by atoms with Gasteiger partial charge in [-0.3, -0.25) is 9.59 Å². The normalized spacial score (nSPS) is 19.1. The molecule has 210 valence electrons. The molecule has 0 bridgehead atoms. The van der Waals surface area contributed by atoms with Crippen LogP contribution in [0.5, 0.6) is 17.2 Å². The summed E-state index contributed by atoms with van der Waals surface area (Å²) < 4.78 is 16.2. The van der Waals surface area contributed by atoms with E-state index in [0.29, 0.717) is 30.0 Å². The third-order valence-corrected chi connectivity index (χ3v) is 8.24. The number of benzene rings is 3. The van der Waals surface area contributed by atoms with Crippen LogP contribution in [0.2, 0.25) is 0 Å². The van der Waals surface area contributed by atoms with Crippen LogP contribution in [0.1, 0.15) is 71.1 Å². The Labute approximate surface area is 236 Å². The second kappa shape index (κ2) is 12.5. The Balaban J connectivity index is 1.47. The van der Waals surface area contributed by atoms with E-state index in [9.17, 15) is 9.59 Å². The third kappa shape index (κ3) is 5.51. The molecular formula is C33H38N2O5. The van der Waals surface area contributed by atoms with Gasteiger partial charge in [-0.2, -0.15) is 0 Å². The zero-order chi connectivity index (χ0) is 28.1. The van der Waals surface area contributed by atoms with Crippen LogP contribution in [0.15, 0.2) is 66.7 Å². The minimum Gasteiger partial charge on any atom is -0.497 e. The highest BCUT2D eigenvalue weighted by molar-refractivity contribution is 6.01. The fourth-order valence-corrected chi connectivity index (χ4v) is 6.23. The number of carbonyl (C=O) groups is 2. The second-order valence-electron chi connectivity index (χ2n) is 10.5. The van der Waals surface area contributed by atoms with E-state index in [1.165, 1.54) is 6.42 Å². The molecule has 1 fully saturated rings. The van der Waals surface area contributed by atoms with Crippen molar-refractivity contribution >= 4 is 11.8 Å². The van der Waals surface area contributed by atoms with Crippen LogP contribution in [0.25, 0.3) is 0 Å². The van der Waals surface area contributed by atoms with Crippen LogP contribution in [0.3, 0.4) is 0 Å². The van der Waals surface area contributed by atoms with E-state index in [0.717, 1.165) is 48.1 Å². The topological polar surface area (TPSA) is 77.1 Å². The predicted octanol–water partition coefficient (Wildman–Crippen LogP) is 5.68. The van der Waals surface area contributed by atoms with Gasteiger partial charge in [-0.1, -0.05) is 55.7 Å². The van der Waals surface area contributed by atoms with E-state index in [1.807, 2.05) is 71.6 Å². The number of amides is 2. The van der Waals surface area contributed by atoms with Crippen LogP contribution in [-0.2, 0) is 11.2 Å². The maximum Gasteiger partial charge on any atom is 0.254 e. The predicted molar refractivity (Wildman–Crippen MR) is 154 cm³/mol. The number of carbonyl (C=O) groups excluding carboxylic acids is 2. The van der Waals surface area contributed by atoms with Gasteiger partial charge in [0.15, 0.2) is 11.5 Å². The summed E-state index contributed by atoms with van der Waals surface area (Å²) in [5.41, 5.74) is 3.38. The van der Waals surface area contributed by atoms with Gasteiger partial charge in [0.1, 0.15) is 5.75 Å². The lowest BCUT2D eigenvalue weighted by molar-refractivity contribution is -0.124. The molecule has 1 N–H and O–H groups in total. The summed E-state index contributed by atoms with van der Waals surface area (Å²) in [4.78, 5) is 30.2. The average Bonchev–Trinajstić information content (AvgIpc) is 3.01. The maximum atomic E-state index is 14.1. The molecule has 7 heteroatoms. The smallest absolute Gasteiger partial charge is 0.254 e. The first-order valence-electron chi connectivity index (χ1n) is 14.1. The maximum absolute atomic E-state index is 14.1. The van der Waals surface area contributed by atoms with Crippen LogP contribution < -0.4 is 19.5 Å². The molecule has 0 radical (unpaired) electrons.